The molecule has 0 aromatic heterocycles. The van der Waals surface area contributed by atoms with Crippen LogP contribution in [0.3, 0.4) is 0 Å². The number of hydrogen-bond donors (Lipinski definition) is 4. The lowest BCUT2D eigenvalue weighted by Crippen LogP contribution is -2.67. The van der Waals surface area contributed by atoms with E-state index in [1.807, 2.05) is 0 Å². The van der Waals surface area contributed by atoms with E-state index in [1.54, 1.807) is 0 Å². The van der Waals surface area contributed by atoms with Gasteiger partial charge in [0.1, 0.15) is 12.2 Å². The number of amides is 1. The van der Waals surface area contributed by atoms with Gasteiger partial charge in [-0.2, -0.15) is 0 Å². The predicted octanol–water partition coefficient (Wildman–Crippen LogP) is -2.40. The van der Waals surface area contributed by atoms with Crippen molar-refractivity contribution < 1.29 is 4.79 Å². The van der Waals surface area contributed by atoms with Crippen molar-refractivity contribution in [1.29, 1.82) is 0 Å². The summed E-state index contributed by atoms with van der Waals surface area (Å²) < 4.78 is 0. The molecule has 1 saturated heterocycles. The quantitative estimate of drug-likeness (QED) is 0.296. The molecular weight excluding hydrogens is 152 g/mol. The van der Waals surface area contributed by atoms with Gasteiger partial charge in [0.2, 0.25) is 5.91 Å². The average molecular weight is 160 g/mol. The van der Waals surface area contributed by atoms with Crippen LogP contribution in [0.2, 0.25) is 0 Å². The first-order chi connectivity index (χ1) is 4.61. The van der Waals surface area contributed by atoms with Crippen LogP contribution in [-0.2, 0) is 4.79 Å². The Morgan fingerprint density at radius 1 is 1.50 bits per heavy atom. The third-order valence-electron chi connectivity index (χ3n) is 1.22. The van der Waals surface area contributed by atoms with E-state index in [2.05, 4.69) is 22.9 Å². The van der Waals surface area contributed by atoms with Gasteiger partial charge in [-0.3, -0.25) is 4.79 Å². The first-order valence-electron chi connectivity index (χ1n) is 2.74. The van der Waals surface area contributed by atoms with Crippen molar-refractivity contribution in [3.05, 3.63) is 0 Å². The highest BCUT2D eigenvalue weighted by molar-refractivity contribution is 7.80. The van der Waals surface area contributed by atoms with Gasteiger partial charge in [-0.1, -0.05) is 0 Å². The number of carbonyl (C=O) groups is 1. The van der Waals surface area contributed by atoms with E-state index in [1.165, 1.54) is 0 Å². The van der Waals surface area contributed by atoms with Crippen LogP contribution in [-0.4, -0.2) is 23.2 Å². The maximum absolute atomic E-state index is 10.8. The maximum atomic E-state index is 10.8. The zero-order valence-corrected chi connectivity index (χ0v) is 5.94. The van der Waals surface area contributed by atoms with Crippen molar-refractivity contribution >= 4 is 23.2 Å². The number of hydrogen-bond acceptors (Lipinski definition) is 4. The number of nitrogens with one attached hydrogen (secondary N) is 2. The van der Waals surface area contributed by atoms with E-state index < -0.39 is 12.2 Å². The Balaban J connectivity index is 2.66. The summed E-state index contributed by atoms with van der Waals surface area (Å²) in [6.45, 7) is 0. The summed E-state index contributed by atoms with van der Waals surface area (Å²) in [5.41, 5.74) is 10.7. The summed E-state index contributed by atoms with van der Waals surface area (Å²) in [6.07, 6.45) is -0.568. The Hall–Kier alpha value is -0.720. The van der Waals surface area contributed by atoms with Gasteiger partial charge in [0.15, 0.2) is 5.11 Å². The summed E-state index contributed by atoms with van der Waals surface area (Å²) in [7, 11) is 0. The van der Waals surface area contributed by atoms with Crippen molar-refractivity contribution in [3.8, 4) is 0 Å². The van der Waals surface area contributed by atoms with Crippen LogP contribution < -0.4 is 22.1 Å². The Labute approximate surface area is 63.1 Å². The van der Waals surface area contributed by atoms with E-state index >= 15 is 0 Å². The fourth-order valence-corrected chi connectivity index (χ4v) is 0.872. The first-order valence-corrected chi connectivity index (χ1v) is 3.14. The highest BCUT2D eigenvalue weighted by Gasteiger charge is 2.27. The smallest absolute Gasteiger partial charge is 0.246 e. The van der Waals surface area contributed by atoms with Crippen LogP contribution in [0.25, 0.3) is 0 Å². The second-order valence-electron chi connectivity index (χ2n) is 2.01. The molecule has 2 unspecified atom stereocenters. The van der Waals surface area contributed by atoms with Crippen LogP contribution in [0.5, 0.6) is 0 Å². The summed E-state index contributed by atoms with van der Waals surface area (Å²) in [4.78, 5) is 10.8. The molecule has 5 nitrogen and oxygen atoms in total. The normalized spacial score (nSPS) is 33.0. The van der Waals surface area contributed by atoms with Gasteiger partial charge in [-0.15, -0.1) is 0 Å². The number of nitrogens with two attached hydrogens (primary N) is 2. The molecular formula is C4H8N4OS. The molecule has 0 aromatic carbocycles. The molecule has 6 N–H and O–H groups in total. The van der Waals surface area contributed by atoms with Crippen molar-refractivity contribution in [1.82, 2.24) is 10.6 Å². The van der Waals surface area contributed by atoms with E-state index in [-0.39, 0.29) is 11.0 Å². The highest BCUT2D eigenvalue weighted by Crippen LogP contribution is 1.89. The summed E-state index contributed by atoms with van der Waals surface area (Å²) >= 11 is 4.63. The van der Waals surface area contributed by atoms with Gasteiger partial charge in [0, 0.05) is 0 Å². The van der Waals surface area contributed by atoms with Crippen LogP contribution in [0.4, 0.5) is 0 Å². The minimum absolute atomic E-state index is 0.235. The van der Waals surface area contributed by atoms with Gasteiger partial charge in [-0.25, -0.2) is 0 Å². The molecule has 0 spiro atoms. The lowest BCUT2D eigenvalue weighted by Gasteiger charge is -2.27. The fourth-order valence-electron chi connectivity index (χ4n) is 0.636. The van der Waals surface area contributed by atoms with Crippen molar-refractivity contribution in [2.24, 2.45) is 11.5 Å². The van der Waals surface area contributed by atoms with Crippen LogP contribution in [0, 0.1) is 0 Å². The minimum Gasteiger partial charge on any atom is -0.345 e. The second-order valence-corrected chi connectivity index (χ2v) is 2.42. The lowest BCUT2D eigenvalue weighted by molar-refractivity contribution is -0.122. The van der Waals surface area contributed by atoms with E-state index in [0.717, 1.165) is 0 Å². The number of thiocarbonyl (C=S) groups is 1. The standard InChI is InChI=1S/C4H8N4OS/c5-1-2(6)7-4(10)8-3(1)9/h1-2H,5-6H2,(H2,7,8,9,10). The monoisotopic (exact) mass is 160 g/mol. The van der Waals surface area contributed by atoms with Crippen LogP contribution >= 0.6 is 12.2 Å². The Morgan fingerprint density at radius 3 is 2.60 bits per heavy atom. The minimum atomic E-state index is -0.716. The fraction of sp³-hybridized carbons (Fsp3) is 0.500. The molecule has 1 aliphatic heterocycles. The molecule has 56 valence electrons. The number of rotatable bonds is 0. The van der Waals surface area contributed by atoms with Gasteiger partial charge >= 0.3 is 0 Å². The molecule has 1 aliphatic rings. The molecule has 1 fully saturated rings. The SMILES string of the molecule is NC1NC(=S)NC(=O)C1N. The Kier molecular flexibility index (Phi) is 1.84. The molecule has 0 bridgehead atoms. The van der Waals surface area contributed by atoms with Crippen molar-refractivity contribution in [2.75, 3.05) is 0 Å². The molecule has 0 radical (unpaired) electrons. The number of carbonyl (C=O) groups excluding carboxylic acids is 1. The lowest BCUT2D eigenvalue weighted by atomic mass is 10.2. The van der Waals surface area contributed by atoms with Crippen LogP contribution in [0.15, 0.2) is 0 Å². The van der Waals surface area contributed by atoms with E-state index in [0.29, 0.717) is 0 Å². The molecule has 1 heterocycles. The molecule has 1 rings (SSSR count). The van der Waals surface area contributed by atoms with E-state index in [4.69, 9.17) is 11.5 Å². The van der Waals surface area contributed by atoms with E-state index in [9.17, 15) is 4.79 Å². The topological polar surface area (TPSA) is 93.2 Å². The molecule has 6 heteroatoms. The zero-order chi connectivity index (χ0) is 7.72. The second kappa shape index (κ2) is 2.49. The third kappa shape index (κ3) is 1.23. The summed E-state index contributed by atoms with van der Waals surface area (Å²) in [6, 6.07) is -0.716. The Morgan fingerprint density at radius 2 is 2.10 bits per heavy atom. The molecule has 0 aromatic rings. The third-order valence-corrected chi connectivity index (χ3v) is 1.44. The molecule has 2 atom stereocenters. The highest BCUT2D eigenvalue weighted by atomic mass is 32.1. The largest absolute Gasteiger partial charge is 0.345 e. The van der Waals surface area contributed by atoms with Gasteiger partial charge in [0.25, 0.3) is 0 Å². The molecule has 1 amide bonds. The first kappa shape index (κ1) is 7.39. The zero-order valence-electron chi connectivity index (χ0n) is 5.13. The van der Waals surface area contributed by atoms with Gasteiger partial charge < -0.3 is 22.1 Å². The summed E-state index contributed by atoms with van der Waals surface area (Å²) in [5, 5.41) is 5.18. The Bertz CT molecular complexity index is 182. The van der Waals surface area contributed by atoms with Gasteiger partial charge in [0.05, 0.1) is 0 Å². The van der Waals surface area contributed by atoms with Gasteiger partial charge in [-0.05, 0) is 12.2 Å². The maximum Gasteiger partial charge on any atom is 0.246 e. The molecule has 0 saturated carbocycles. The van der Waals surface area contributed by atoms with Crippen LogP contribution in [0.1, 0.15) is 0 Å². The molecule has 10 heavy (non-hydrogen) atoms. The average Bonchev–Trinajstić information content (AvgIpc) is 1.82. The molecule has 0 aliphatic carbocycles. The van der Waals surface area contributed by atoms with Crippen molar-refractivity contribution in [2.45, 2.75) is 12.2 Å². The summed E-state index contributed by atoms with van der Waals surface area (Å²) in [5.74, 6) is -0.337. The van der Waals surface area contributed by atoms with Crippen molar-refractivity contribution in [3.63, 3.8) is 0 Å². The predicted molar refractivity (Wildman–Crippen MR) is 39.8 cm³/mol.